The number of rotatable bonds is 5. The Morgan fingerprint density at radius 2 is 2.19 bits per heavy atom. The van der Waals surface area contributed by atoms with Gasteiger partial charge in [0.05, 0.1) is 28.8 Å². The molecule has 7 nitrogen and oxygen atoms in total. The van der Waals surface area contributed by atoms with E-state index in [0.29, 0.717) is 18.5 Å². The second-order valence-electron chi connectivity index (χ2n) is 8.46. The molecule has 5 rings (SSSR count). The van der Waals surface area contributed by atoms with Gasteiger partial charge in [0.15, 0.2) is 0 Å². The van der Waals surface area contributed by atoms with E-state index in [0.717, 1.165) is 40.3 Å². The molecule has 3 unspecified atom stereocenters. The first-order valence-electron chi connectivity index (χ1n) is 10.7. The van der Waals surface area contributed by atoms with Crippen molar-refractivity contribution in [2.75, 3.05) is 0 Å². The van der Waals surface area contributed by atoms with Crippen LogP contribution in [0.25, 0.3) is 21.9 Å². The van der Waals surface area contributed by atoms with Crippen LogP contribution in [0.5, 0.6) is 0 Å². The fourth-order valence-electron chi connectivity index (χ4n) is 4.79. The number of aliphatic hydroxyl groups excluding tert-OH is 1. The van der Waals surface area contributed by atoms with Gasteiger partial charge in [0.1, 0.15) is 0 Å². The number of para-hydroxylation sites is 1. The Labute approximate surface area is 179 Å². The summed E-state index contributed by atoms with van der Waals surface area (Å²) >= 11 is 0. The van der Waals surface area contributed by atoms with E-state index in [1.807, 2.05) is 42.6 Å². The molecule has 0 spiro atoms. The van der Waals surface area contributed by atoms with Crippen LogP contribution in [0.15, 0.2) is 47.4 Å². The molecular formula is C24H25N5O2. The average molecular weight is 415 g/mol. The van der Waals surface area contributed by atoms with Gasteiger partial charge in [-0.25, -0.2) is 4.79 Å². The third kappa shape index (κ3) is 3.44. The number of nitrogens with zero attached hydrogens (tertiary/aromatic N) is 2. The zero-order valence-electron chi connectivity index (χ0n) is 17.4. The van der Waals surface area contributed by atoms with Gasteiger partial charge in [-0.2, -0.15) is 5.26 Å². The van der Waals surface area contributed by atoms with Gasteiger partial charge in [-0.05, 0) is 56.0 Å². The standard InChI is InChI=1S/C24H25N5O2/c1-14(5-7-16-13-26-19-8-6-15(12-25)11-18(16)19)27-21-9-10-29-22-17(23(21)30)3-2-4-20(22)28-24(29)31/h2-4,6,8,11,13-14,21,23,26-27,30H,5,7,9-10H2,1H3,(H,28,31). The Hall–Kier alpha value is -3.34. The van der Waals surface area contributed by atoms with Crippen LogP contribution in [0, 0.1) is 11.3 Å². The number of fused-ring (bicyclic) bond motifs is 1. The van der Waals surface area contributed by atoms with Crippen LogP contribution >= 0.6 is 0 Å². The van der Waals surface area contributed by atoms with E-state index < -0.39 is 6.10 Å². The summed E-state index contributed by atoms with van der Waals surface area (Å²) in [5, 5.41) is 25.0. The molecule has 1 aliphatic heterocycles. The molecule has 2 aromatic carbocycles. The highest BCUT2D eigenvalue weighted by Gasteiger charge is 2.29. The number of nitriles is 1. The third-order valence-electron chi connectivity index (χ3n) is 6.43. The first kappa shape index (κ1) is 19.6. The van der Waals surface area contributed by atoms with E-state index >= 15 is 0 Å². The normalized spacial score (nSPS) is 19.4. The van der Waals surface area contributed by atoms with Gasteiger partial charge >= 0.3 is 5.69 Å². The van der Waals surface area contributed by atoms with E-state index in [9.17, 15) is 15.2 Å². The lowest BCUT2D eigenvalue weighted by molar-refractivity contribution is 0.119. The molecule has 7 heteroatoms. The molecule has 4 aromatic rings. The van der Waals surface area contributed by atoms with Crippen LogP contribution in [-0.2, 0) is 13.0 Å². The second kappa shape index (κ2) is 7.73. The molecule has 2 aromatic heterocycles. The molecule has 0 saturated heterocycles. The summed E-state index contributed by atoms with van der Waals surface area (Å²) in [7, 11) is 0. The number of nitrogens with one attached hydrogen (secondary N) is 3. The number of aromatic nitrogens is 3. The van der Waals surface area contributed by atoms with Crippen molar-refractivity contribution in [3.05, 3.63) is 69.8 Å². The van der Waals surface area contributed by atoms with Crippen molar-refractivity contribution in [3.8, 4) is 6.07 Å². The molecule has 3 heterocycles. The number of imidazole rings is 1. The Morgan fingerprint density at radius 3 is 3.03 bits per heavy atom. The number of aliphatic hydroxyl groups is 1. The highest BCUT2D eigenvalue weighted by atomic mass is 16.3. The number of aryl methyl sites for hydroxylation is 2. The van der Waals surface area contributed by atoms with Gasteiger partial charge in [0, 0.05) is 41.3 Å². The second-order valence-corrected chi connectivity index (χ2v) is 8.46. The quantitative estimate of drug-likeness (QED) is 0.401. The van der Waals surface area contributed by atoms with E-state index in [-0.39, 0.29) is 17.8 Å². The monoisotopic (exact) mass is 415 g/mol. The minimum absolute atomic E-state index is 0.126. The molecule has 0 fully saturated rings. The van der Waals surface area contributed by atoms with E-state index in [1.165, 1.54) is 5.56 Å². The summed E-state index contributed by atoms with van der Waals surface area (Å²) in [6.45, 7) is 2.69. The Balaban J connectivity index is 1.30. The van der Waals surface area contributed by atoms with Gasteiger partial charge in [0.25, 0.3) is 0 Å². The molecule has 0 radical (unpaired) electrons. The molecule has 0 bridgehead atoms. The van der Waals surface area contributed by atoms with Crippen LogP contribution < -0.4 is 11.0 Å². The Bertz CT molecular complexity index is 1360. The Morgan fingerprint density at radius 1 is 1.32 bits per heavy atom. The molecule has 0 saturated carbocycles. The highest BCUT2D eigenvalue weighted by molar-refractivity contribution is 5.84. The third-order valence-corrected chi connectivity index (χ3v) is 6.43. The summed E-state index contributed by atoms with van der Waals surface area (Å²) in [6, 6.07) is 13.6. The van der Waals surface area contributed by atoms with Crippen molar-refractivity contribution in [1.82, 2.24) is 19.9 Å². The van der Waals surface area contributed by atoms with Crippen LogP contribution in [-0.4, -0.2) is 31.7 Å². The number of H-pyrrole nitrogens is 2. The first-order chi connectivity index (χ1) is 15.0. The minimum Gasteiger partial charge on any atom is -0.387 e. The van der Waals surface area contributed by atoms with Crippen LogP contribution in [0.3, 0.4) is 0 Å². The maximum atomic E-state index is 12.3. The van der Waals surface area contributed by atoms with Crippen molar-refractivity contribution >= 4 is 21.9 Å². The zero-order valence-corrected chi connectivity index (χ0v) is 17.4. The molecule has 1 aliphatic rings. The molecule has 3 atom stereocenters. The van der Waals surface area contributed by atoms with Crippen molar-refractivity contribution < 1.29 is 5.11 Å². The van der Waals surface area contributed by atoms with E-state index in [1.54, 1.807) is 4.57 Å². The molecular weight excluding hydrogens is 390 g/mol. The van der Waals surface area contributed by atoms with E-state index in [4.69, 9.17) is 0 Å². The van der Waals surface area contributed by atoms with Crippen molar-refractivity contribution in [2.45, 2.75) is 50.9 Å². The van der Waals surface area contributed by atoms with Crippen LogP contribution in [0.1, 0.15) is 42.6 Å². The predicted octanol–water partition coefficient (Wildman–Crippen LogP) is 3.10. The lowest BCUT2D eigenvalue weighted by Crippen LogP contribution is -2.41. The summed E-state index contributed by atoms with van der Waals surface area (Å²) in [4.78, 5) is 18.5. The molecule has 158 valence electrons. The van der Waals surface area contributed by atoms with Gasteiger partial charge in [-0.3, -0.25) is 4.57 Å². The van der Waals surface area contributed by atoms with Gasteiger partial charge in [-0.15, -0.1) is 0 Å². The topological polar surface area (TPSA) is 110 Å². The number of aromatic amines is 2. The molecule has 4 N–H and O–H groups in total. The number of hydrogen-bond acceptors (Lipinski definition) is 4. The van der Waals surface area contributed by atoms with Crippen LogP contribution in [0.2, 0.25) is 0 Å². The van der Waals surface area contributed by atoms with Gasteiger partial charge in [-0.1, -0.05) is 12.1 Å². The fraction of sp³-hybridized carbons (Fsp3) is 0.333. The smallest absolute Gasteiger partial charge is 0.326 e. The van der Waals surface area contributed by atoms with Gasteiger partial charge < -0.3 is 20.4 Å². The fourth-order valence-corrected chi connectivity index (χ4v) is 4.79. The predicted molar refractivity (Wildman–Crippen MR) is 120 cm³/mol. The van der Waals surface area contributed by atoms with Crippen molar-refractivity contribution in [3.63, 3.8) is 0 Å². The highest BCUT2D eigenvalue weighted by Crippen LogP contribution is 2.30. The SMILES string of the molecule is CC(CCc1c[nH]c2ccc(C#N)cc12)NC1CCn2c(=O)[nH]c3cccc(c32)C1O. The zero-order chi connectivity index (χ0) is 21.5. The van der Waals surface area contributed by atoms with Gasteiger partial charge in [0.2, 0.25) is 0 Å². The first-order valence-corrected chi connectivity index (χ1v) is 10.7. The Kier molecular flexibility index (Phi) is 4.89. The van der Waals surface area contributed by atoms with Crippen LogP contribution in [0.4, 0.5) is 0 Å². The summed E-state index contributed by atoms with van der Waals surface area (Å²) in [6.07, 6.45) is 3.76. The summed E-state index contributed by atoms with van der Waals surface area (Å²) < 4.78 is 1.74. The number of benzene rings is 2. The molecule has 0 amide bonds. The molecule has 31 heavy (non-hydrogen) atoms. The maximum absolute atomic E-state index is 12.3. The van der Waals surface area contributed by atoms with Crippen molar-refractivity contribution in [1.29, 1.82) is 5.26 Å². The lowest BCUT2D eigenvalue weighted by atomic mass is 9.98. The lowest BCUT2D eigenvalue weighted by Gasteiger charge is -2.26. The van der Waals surface area contributed by atoms with E-state index in [2.05, 4.69) is 28.3 Å². The summed E-state index contributed by atoms with van der Waals surface area (Å²) in [5.41, 5.74) is 5.13. The average Bonchev–Trinajstić information content (AvgIpc) is 3.29. The molecule has 0 aliphatic carbocycles. The number of hydrogen-bond donors (Lipinski definition) is 4. The maximum Gasteiger partial charge on any atom is 0.326 e. The minimum atomic E-state index is -0.679. The summed E-state index contributed by atoms with van der Waals surface area (Å²) in [5.74, 6) is 0. The van der Waals surface area contributed by atoms with Crippen molar-refractivity contribution in [2.24, 2.45) is 0 Å². The largest absolute Gasteiger partial charge is 0.387 e.